The minimum absolute atomic E-state index is 0.00138. The molecular weight excluding hydrogens is 366 g/mol. The summed E-state index contributed by atoms with van der Waals surface area (Å²) in [6.07, 6.45) is 0. The molecule has 0 radical (unpaired) electrons. The molecule has 1 spiro atoms. The predicted molar refractivity (Wildman–Crippen MR) is 108 cm³/mol. The van der Waals surface area contributed by atoms with E-state index in [1.165, 1.54) is 13.8 Å². The fraction of sp³-hybridized carbons (Fsp3) is 0.348. The lowest BCUT2D eigenvalue weighted by atomic mass is 9.60. The van der Waals surface area contributed by atoms with Gasteiger partial charge in [-0.3, -0.25) is 9.59 Å². The average Bonchev–Trinajstić information content (AvgIpc) is 2.66. The van der Waals surface area contributed by atoms with Crippen LogP contribution in [0.3, 0.4) is 0 Å². The largest absolute Gasteiger partial charge is 0.394 e. The SMILES string of the molecule is CC(=O)N1CC2(C1)[C@H](c1ccc(-c3ccc(C#N)cc3)cc1)[C@H](CO)N2C(C)=O. The van der Waals surface area contributed by atoms with Crippen molar-refractivity contribution in [3.8, 4) is 17.2 Å². The summed E-state index contributed by atoms with van der Waals surface area (Å²) in [5.74, 6) is -0.0822. The van der Waals surface area contributed by atoms with Crippen molar-refractivity contribution in [2.75, 3.05) is 19.7 Å². The number of rotatable bonds is 3. The molecule has 2 atom stereocenters. The Morgan fingerprint density at radius 3 is 2.03 bits per heavy atom. The third-order valence-electron chi connectivity index (χ3n) is 6.29. The summed E-state index contributed by atoms with van der Waals surface area (Å²) >= 11 is 0. The van der Waals surface area contributed by atoms with Gasteiger partial charge in [-0.05, 0) is 28.8 Å². The van der Waals surface area contributed by atoms with Crippen molar-refractivity contribution in [1.29, 1.82) is 5.26 Å². The van der Waals surface area contributed by atoms with E-state index >= 15 is 0 Å². The quantitative estimate of drug-likeness (QED) is 0.872. The predicted octanol–water partition coefficient (Wildman–Crippen LogP) is 2.13. The first-order valence-electron chi connectivity index (χ1n) is 9.68. The molecular formula is C23H23N3O3. The van der Waals surface area contributed by atoms with Gasteiger partial charge in [0.2, 0.25) is 11.8 Å². The van der Waals surface area contributed by atoms with Crippen LogP contribution in [-0.4, -0.2) is 58.0 Å². The first-order valence-corrected chi connectivity index (χ1v) is 9.68. The van der Waals surface area contributed by atoms with Gasteiger partial charge < -0.3 is 14.9 Å². The summed E-state index contributed by atoms with van der Waals surface area (Å²) in [4.78, 5) is 27.5. The zero-order chi connectivity index (χ0) is 20.8. The number of benzene rings is 2. The minimum Gasteiger partial charge on any atom is -0.394 e. The minimum atomic E-state index is -0.430. The van der Waals surface area contributed by atoms with E-state index in [4.69, 9.17) is 5.26 Å². The van der Waals surface area contributed by atoms with E-state index in [1.54, 1.807) is 21.9 Å². The molecule has 0 aliphatic carbocycles. The van der Waals surface area contributed by atoms with Gasteiger partial charge in [-0.25, -0.2) is 0 Å². The lowest BCUT2D eigenvalue weighted by Crippen LogP contribution is -2.85. The topological polar surface area (TPSA) is 84.6 Å². The van der Waals surface area contributed by atoms with Gasteiger partial charge in [0, 0.05) is 32.9 Å². The van der Waals surface area contributed by atoms with Crippen LogP contribution in [0.15, 0.2) is 48.5 Å². The van der Waals surface area contributed by atoms with Gasteiger partial charge in [-0.2, -0.15) is 5.26 Å². The number of nitriles is 1. The molecule has 0 bridgehead atoms. The molecule has 2 fully saturated rings. The number of aliphatic hydroxyl groups excluding tert-OH is 1. The summed E-state index contributed by atoms with van der Waals surface area (Å²) in [5, 5.41) is 18.9. The zero-order valence-electron chi connectivity index (χ0n) is 16.5. The van der Waals surface area contributed by atoms with Crippen LogP contribution in [0.1, 0.15) is 30.9 Å². The lowest BCUT2D eigenvalue weighted by molar-refractivity contribution is -0.200. The second kappa shape index (κ2) is 7.02. The molecule has 2 saturated heterocycles. The van der Waals surface area contributed by atoms with Gasteiger partial charge in [0.05, 0.1) is 29.8 Å². The van der Waals surface area contributed by atoms with Crippen LogP contribution in [0.5, 0.6) is 0 Å². The molecule has 2 aliphatic rings. The van der Waals surface area contributed by atoms with Gasteiger partial charge in [-0.1, -0.05) is 36.4 Å². The number of aliphatic hydroxyl groups is 1. The Bertz CT molecular complexity index is 986. The summed E-state index contributed by atoms with van der Waals surface area (Å²) in [6.45, 7) is 3.95. The van der Waals surface area contributed by atoms with Gasteiger partial charge in [0.25, 0.3) is 0 Å². The van der Waals surface area contributed by atoms with Crippen LogP contribution in [-0.2, 0) is 9.59 Å². The van der Waals surface area contributed by atoms with E-state index in [1.807, 2.05) is 36.4 Å². The van der Waals surface area contributed by atoms with Crippen LogP contribution in [0.4, 0.5) is 0 Å². The number of hydrogen-bond donors (Lipinski definition) is 1. The molecule has 4 rings (SSSR count). The Balaban J connectivity index is 1.62. The van der Waals surface area contributed by atoms with Crippen LogP contribution in [0.25, 0.3) is 11.1 Å². The molecule has 148 valence electrons. The van der Waals surface area contributed by atoms with Gasteiger partial charge in [0.1, 0.15) is 0 Å². The van der Waals surface area contributed by atoms with Crippen molar-refractivity contribution < 1.29 is 14.7 Å². The van der Waals surface area contributed by atoms with Gasteiger partial charge in [-0.15, -0.1) is 0 Å². The molecule has 2 heterocycles. The number of carbonyl (C=O) groups is 2. The maximum absolute atomic E-state index is 12.2. The van der Waals surface area contributed by atoms with Crippen LogP contribution < -0.4 is 0 Å². The van der Waals surface area contributed by atoms with Crippen molar-refractivity contribution >= 4 is 11.8 Å². The Morgan fingerprint density at radius 1 is 1.03 bits per heavy atom. The molecule has 0 saturated carbocycles. The van der Waals surface area contributed by atoms with Crippen LogP contribution in [0.2, 0.25) is 0 Å². The van der Waals surface area contributed by atoms with Crippen molar-refractivity contribution in [3.63, 3.8) is 0 Å². The third kappa shape index (κ3) is 2.90. The molecule has 1 N–H and O–H groups in total. The monoisotopic (exact) mass is 389 g/mol. The number of carbonyl (C=O) groups excluding carboxylic acids is 2. The maximum atomic E-state index is 12.2. The zero-order valence-corrected chi connectivity index (χ0v) is 16.5. The molecule has 6 heteroatoms. The summed E-state index contributed by atoms with van der Waals surface area (Å²) in [7, 11) is 0. The van der Waals surface area contributed by atoms with Gasteiger partial charge in [0.15, 0.2) is 0 Å². The highest BCUT2D eigenvalue weighted by Gasteiger charge is 2.67. The van der Waals surface area contributed by atoms with Crippen molar-refractivity contribution in [2.24, 2.45) is 0 Å². The third-order valence-corrected chi connectivity index (χ3v) is 6.29. The van der Waals surface area contributed by atoms with Crippen LogP contribution >= 0.6 is 0 Å². The Morgan fingerprint density at radius 2 is 1.59 bits per heavy atom. The molecule has 2 aromatic carbocycles. The molecule has 2 aromatic rings. The molecule has 2 aliphatic heterocycles. The fourth-order valence-corrected chi connectivity index (χ4v) is 4.98. The van der Waals surface area contributed by atoms with E-state index in [0.717, 1.165) is 16.7 Å². The smallest absolute Gasteiger partial charge is 0.220 e. The van der Waals surface area contributed by atoms with Crippen LogP contribution in [0, 0.1) is 11.3 Å². The highest BCUT2D eigenvalue weighted by Crippen LogP contribution is 2.53. The maximum Gasteiger partial charge on any atom is 0.220 e. The standard InChI is InChI=1S/C23H23N3O3/c1-15(28)25-13-23(14-25)22(21(12-27)26(23)16(2)29)20-9-7-19(8-10-20)18-5-3-17(11-24)4-6-18/h3-10,21-22,27H,12-14H2,1-2H3/t21-,22+/m0/s1. The van der Waals surface area contributed by atoms with E-state index in [-0.39, 0.29) is 30.4 Å². The Kier molecular flexibility index (Phi) is 4.64. The highest BCUT2D eigenvalue weighted by molar-refractivity contribution is 5.80. The van der Waals surface area contributed by atoms with Gasteiger partial charge >= 0.3 is 0 Å². The first-order chi connectivity index (χ1) is 13.9. The van der Waals surface area contributed by atoms with E-state index in [2.05, 4.69) is 6.07 Å². The molecule has 6 nitrogen and oxygen atoms in total. The second-order valence-corrected chi connectivity index (χ2v) is 7.91. The summed E-state index contributed by atoms with van der Waals surface area (Å²) < 4.78 is 0. The first kappa shape index (κ1) is 19.2. The number of likely N-dealkylation sites (tertiary alicyclic amines) is 2. The fourth-order valence-electron chi connectivity index (χ4n) is 4.98. The summed E-state index contributed by atoms with van der Waals surface area (Å²) in [5.41, 5.74) is 3.31. The normalized spacial score (nSPS) is 21.9. The molecule has 2 amide bonds. The second-order valence-electron chi connectivity index (χ2n) is 7.91. The van der Waals surface area contributed by atoms with Crippen molar-refractivity contribution in [3.05, 3.63) is 59.7 Å². The molecule has 29 heavy (non-hydrogen) atoms. The Hall–Kier alpha value is -3.17. The average molecular weight is 389 g/mol. The number of amides is 2. The Labute approximate surface area is 170 Å². The molecule has 0 aromatic heterocycles. The molecule has 0 unspecified atom stereocenters. The lowest BCUT2D eigenvalue weighted by Gasteiger charge is -2.70. The number of hydrogen-bond acceptors (Lipinski definition) is 4. The summed E-state index contributed by atoms with van der Waals surface area (Å²) in [6, 6.07) is 17.4. The van der Waals surface area contributed by atoms with Crippen molar-refractivity contribution in [2.45, 2.75) is 31.3 Å². The van der Waals surface area contributed by atoms with E-state index in [9.17, 15) is 14.7 Å². The van der Waals surface area contributed by atoms with E-state index in [0.29, 0.717) is 18.7 Å². The highest BCUT2D eigenvalue weighted by atomic mass is 16.3. The van der Waals surface area contributed by atoms with Crippen molar-refractivity contribution in [1.82, 2.24) is 9.80 Å². The van der Waals surface area contributed by atoms with E-state index < -0.39 is 5.54 Å². The number of nitrogens with zero attached hydrogens (tertiary/aromatic N) is 3.